The number of nitrogens with zero attached hydrogens (tertiary/aromatic N) is 6. The molecule has 0 spiro atoms. The number of tetrazole rings is 1. The van der Waals surface area contributed by atoms with Gasteiger partial charge in [-0.25, -0.2) is 9.40 Å². The highest BCUT2D eigenvalue weighted by Gasteiger charge is 2.22. The SMILES string of the molecule is Cc1nnnn1-c1cc(NC(=O)CCC(=O)N2CCC(c3ccccc3)=N2)ccc1F. The summed E-state index contributed by atoms with van der Waals surface area (Å²) >= 11 is 0. The third-order valence-corrected chi connectivity index (χ3v) is 4.85. The quantitative estimate of drug-likeness (QED) is 0.658. The maximum atomic E-state index is 14.1. The molecule has 10 heteroatoms. The van der Waals surface area contributed by atoms with Crippen LogP contribution in [0.1, 0.15) is 30.7 Å². The van der Waals surface area contributed by atoms with Crippen molar-refractivity contribution in [2.24, 2.45) is 5.10 Å². The van der Waals surface area contributed by atoms with E-state index in [1.54, 1.807) is 6.92 Å². The fourth-order valence-corrected chi connectivity index (χ4v) is 3.25. The van der Waals surface area contributed by atoms with Crippen LogP contribution in [0.5, 0.6) is 0 Å². The molecule has 9 nitrogen and oxygen atoms in total. The fourth-order valence-electron chi connectivity index (χ4n) is 3.25. The van der Waals surface area contributed by atoms with Crippen molar-refractivity contribution in [3.8, 4) is 5.69 Å². The number of anilines is 1. The van der Waals surface area contributed by atoms with Gasteiger partial charge in [0.25, 0.3) is 0 Å². The molecule has 0 atom stereocenters. The van der Waals surface area contributed by atoms with E-state index in [1.165, 1.54) is 27.9 Å². The normalized spacial score (nSPS) is 13.2. The highest BCUT2D eigenvalue weighted by atomic mass is 19.1. The molecule has 1 aliphatic rings. The first kappa shape index (κ1) is 20.3. The van der Waals surface area contributed by atoms with Crippen LogP contribution in [-0.4, -0.2) is 49.3 Å². The molecule has 0 radical (unpaired) electrons. The van der Waals surface area contributed by atoms with Crippen LogP contribution in [-0.2, 0) is 9.59 Å². The minimum absolute atomic E-state index is 0.0118. The lowest BCUT2D eigenvalue weighted by Crippen LogP contribution is -2.25. The van der Waals surface area contributed by atoms with Crippen LogP contribution >= 0.6 is 0 Å². The molecule has 0 bridgehead atoms. The van der Waals surface area contributed by atoms with Crippen molar-refractivity contribution in [3.63, 3.8) is 0 Å². The zero-order valence-electron chi connectivity index (χ0n) is 16.8. The highest BCUT2D eigenvalue weighted by Crippen LogP contribution is 2.19. The Bertz CT molecular complexity index is 1140. The van der Waals surface area contributed by atoms with Gasteiger partial charge in [-0.15, -0.1) is 5.10 Å². The summed E-state index contributed by atoms with van der Waals surface area (Å²) in [7, 11) is 0. The smallest absolute Gasteiger partial charge is 0.243 e. The standard InChI is InChI=1S/C21H20FN7O2/c1-14-24-26-27-29(14)19-13-16(7-8-17(19)22)23-20(30)9-10-21(31)28-12-11-18(25-28)15-5-3-2-4-6-15/h2-8,13H,9-12H2,1H3,(H,23,30). The van der Waals surface area contributed by atoms with Gasteiger partial charge in [0.2, 0.25) is 11.8 Å². The molecule has 0 saturated heterocycles. The van der Waals surface area contributed by atoms with E-state index >= 15 is 0 Å². The lowest BCUT2D eigenvalue weighted by molar-refractivity contribution is -0.132. The summed E-state index contributed by atoms with van der Waals surface area (Å²) < 4.78 is 15.4. The zero-order chi connectivity index (χ0) is 21.8. The molecule has 4 rings (SSSR count). The average molecular weight is 421 g/mol. The van der Waals surface area contributed by atoms with Crippen molar-refractivity contribution in [2.45, 2.75) is 26.2 Å². The Labute approximate surface area is 177 Å². The number of carbonyl (C=O) groups excluding carboxylic acids is 2. The third-order valence-electron chi connectivity index (χ3n) is 4.85. The van der Waals surface area contributed by atoms with Gasteiger partial charge in [0, 0.05) is 24.9 Å². The van der Waals surface area contributed by atoms with Gasteiger partial charge in [0.1, 0.15) is 11.5 Å². The highest BCUT2D eigenvalue weighted by molar-refractivity contribution is 6.02. The number of hydrazone groups is 1. The Balaban J connectivity index is 1.34. The second kappa shape index (κ2) is 8.82. The zero-order valence-corrected chi connectivity index (χ0v) is 16.8. The number of aromatic nitrogens is 4. The molecule has 2 amide bonds. The summed E-state index contributed by atoms with van der Waals surface area (Å²) in [6.45, 7) is 2.14. The fraction of sp³-hybridized carbons (Fsp3) is 0.238. The number of rotatable bonds is 6. The van der Waals surface area contributed by atoms with Crippen molar-refractivity contribution in [1.29, 1.82) is 0 Å². The van der Waals surface area contributed by atoms with Gasteiger partial charge in [0.05, 0.1) is 12.3 Å². The van der Waals surface area contributed by atoms with Crippen molar-refractivity contribution in [1.82, 2.24) is 25.2 Å². The number of nitrogens with one attached hydrogen (secondary N) is 1. The Morgan fingerprint density at radius 1 is 1.13 bits per heavy atom. The van der Waals surface area contributed by atoms with E-state index < -0.39 is 5.82 Å². The molecule has 1 aromatic heterocycles. The first-order valence-electron chi connectivity index (χ1n) is 9.79. The van der Waals surface area contributed by atoms with Gasteiger partial charge in [-0.3, -0.25) is 9.59 Å². The number of aryl methyl sites for hydroxylation is 1. The summed E-state index contributed by atoms with van der Waals surface area (Å²) in [5.41, 5.74) is 2.35. The first-order valence-corrected chi connectivity index (χ1v) is 9.79. The molecule has 0 aliphatic carbocycles. The minimum atomic E-state index is -0.523. The number of benzene rings is 2. The number of amides is 2. The maximum absolute atomic E-state index is 14.1. The molecule has 0 unspecified atom stereocenters. The summed E-state index contributed by atoms with van der Waals surface area (Å²) in [6, 6.07) is 13.8. The topological polar surface area (TPSA) is 105 Å². The van der Waals surface area contributed by atoms with Crippen molar-refractivity contribution >= 4 is 23.2 Å². The van der Waals surface area contributed by atoms with E-state index in [0.717, 1.165) is 11.3 Å². The number of hydrogen-bond acceptors (Lipinski definition) is 6. The summed E-state index contributed by atoms with van der Waals surface area (Å²) in [6.07, 6.45) is 0.691. The molecule has 0 fully saturated rings. The van der Waals surface area contributed by atoms with Crippen molar-refractivity contribution in [2.75, 3.05) is 11.9 Å². The number of carbonyl (C=O) groups is 2. The van der Waals surface area contributed by atoms with Crippen LogP contribution in [0.4, 0.5) is 10.1 Å². The first-order chi connectivity index (χ1) is 15.0. The van der Waals surface area contributed by atoms with Crippen LogP contribution < -0.4 is 5.32 Å². The molecule has 31 heavy (non-hydrogen) atoms. The van der Waals surface area contributed by atoms with E-state index in [0.29, 0.717) is 24.5 Å². The van der Waals surface area contributed by atoms with Crippen LogP contribution in [0.25, 0.3) is 5.69 Å². The van der Waals surface area contributed by atoms with Crippen LogP contribution in [0.2, 0.25) is 0 Å². The van der Waals surface area contributed by atoms with E-state index in [2.05, 4.69) is 25.9 Å². The van der Waals surface area contributed by atoms with Gasteiger partial charge in [-0.2, -0.15) is 9.78 Å². The lowest BCUT2D eigenvalue weighted by atomic mass is 10.1. The predicted molar refractivity (Wildman–Crippen MR) is 111 cm³/mol. The Morgan fingerprint density at radius 3 is 2.68 bits per heavy atom. The summed E-state index contributed by atoms with van der Waals surface area (Å²) in [5.74, 6) is -0.685. The van der Waals surface area contributed by atoms with E-state index in [1.807, 2.05) is 30.3 Å². The molecule has 3 aromatic rings. The molecule has 2 heterocycles. The maximum Gasteiger partial charge on any atom is 0.243 e. The Hall–Kier alpha value is -3.95. The molecule has 1 aliphatic heterocycles. The van der Waals surface area contributed by atoms with E-state index in [9.17, 15) is 14.0 Å². The molecule has 1 N–H and O–H groups in total. The van der Waals surface area contributed by atoms with Crippen LogP contribution in [0, 0.1) is 12.7 Å². The van der Waals surface area contributed by atoms with Gasteiger partial charge in [-0.1, -0.05) is 30.3 Å². The Kier molecular flexibility index (Phi) is 5.78. The van der Waals surface area contributed by atoms with Gasteiger partial charge < -0.3 is 5.32 Å². The second-order valence-corrected chi connectivity index (χ2v) is 7.03. The van der Waals surface area contributed by atoms with E-state index in [-0.39, 0.29) is 30.3 Å². The average Bonchev–Trinajstić information content (AvgIpc) is 3.43. The molecular weight excluding hydrogens is 401 g/mol. The van der Waals surface area contributed by atoms with E-state index in [4.69, 9.17) is 0 Å². The lowest BCUT2D eigenvalue weighted by Gasteiger charge is -2.12. The molecule has 2 aromatic carbocycles. The largest absolute Gasteiger partial charge is 0.326 e. The Morgan fingerprint density at radius 2 is 1.94 bits per heavy atom. The summed E-state index contributed by atoms with van der Waals surface area (Å²) in [5, 5.41) is 19.4. The van der Waals surface area contributed by atoms with Gasteiger partial charge >= 0.3 is 0 Å². The molecule has 0 saturated carbocycles. The number of halogens is 1. The third kappa shape index (κ3) is 4.63. The number of hydrogen-bond donors (Lipinski definition) is 1. The summed E-state index contributed by atoms with van der Waals surface area (Å²) in [4.78, 5) is 24.7. The second-order valence-electron chi connectivity index (χ2n) is 7.03. The van der Waals surface area contributed by atoms with Gasteiger partial charge in [-0.05, 0) is 41.1 Å². The van der Waals surface area contributed by atoms with Crippen LogP contribution in [0.3, 0.4) is 0 Å². The van der Waals surface area contributed by atoms with Gasteiger partial charge in [0.15, 0.2) is 5.82 Å². The van der Waals surface area contributed by atoms with Crippen molar-refractivity contribution < 1.29 is 14.0 Å². The van der Waals surface area contributed by atoms with Crippen LogP contribution in [0.15, 0.2) is 53.6 Å². The predicted octanol–water partition coefficient (Wildman–Crippen LogP) is 2.47. The molecular formula is C21H20FN7O2. The molecule has 158 valence electrons. The van der Waals surface area contributed by atoms with Crippen molar-refractivity contribution in [3.05, 3.63) is 65.7 Å². The monoisotopic (exact) mass is 421 g/mol. The minimum Gasteiger partial charge on any atom is -0.326 e.